The van der Waals surface area contributed by atoms with Gasteiger partial charge in [0.05, 0.1) is 0 Å². The summed E-state index contributed by atoms with van der Waals surface area (Å²) in [5, 5.41) is 0. The predicted octanol–water partition coefficient (Wildman–Crippen LogP) is 3.41. The van der Waals surface area contributed by atoms with Gasteiger partial charge in [0.2, 0.25) is 0 Å². The minimum Gasteiger partial charge on any atom is -0.207 e. The number of hydrogen-bond acceptors (Lipinski definition) is 1. The van der Waals surface area contributed by atoms with Crippen molar-refractivity contribution >= 4 is 11.8 Å². The standard InChI is InChI=1S/C10H11FS/c1-3-7-12-10-6-4-5-9(11)8(10)2/h3-6H,1,7H2,2H3. The van der Waals surface area contributed by atoms with E-state index in [4.69, 9.17) is 0 Å². The van der Waals surface area contributed by atoms with Gasteiger partial charge in [-0.05, 0) is 24.6 Å². The van der Waals surface area contributed by atoms with E-state index in [9.17, 15) is 4.39 Å². The molecule has 0 unspecified atom stereocenters. The molecule has 0 nitrogen and oxygen atoms in total. The lowest BCUT2D eigenvalue weighted by Crippen LogP contribution is -1.85. The van der Waals surface area contributed by atoms with Crippen molar-refractivity contribution in [2.24, 2.45) is 0 Å². The van der Waals surface area contributed by atoms with Crippen LogP contribution in [-0.4, -0.2) is 5.75 Å². The molecule has 0 atom stereocenters. The smallest absolute Gasteiger partial charge is 0.127 e. The van der Waals surface area contributed by atoms with Gasteiger partial charge in [0.25, 0.3) is 0 Å². The minimum atomic E-state index is -0.135. The maximum Gasteiger partial charge on any atom is 0.127 e. The van der Waals surface area contributed by atoms with E-state index in [-0.39, 0.29) is 5.82 Å². The van der Waals surface area contributed by atoms with Gasteiger partial charge >= 0.3 is 0 Å². The lowest BCUT2D eigenvalue weighted by atomic mass is 10.2. The fourth-order valence-corrected chi connectivity index (χ4v) is 1.68. The zero-order valence-corrected chi connectivity index (χ0v) is 7.83. The van der Waals surface area contributed by atoms with Crippen LogP contribution >= 0.6 is 11.8 Å². The molecule has 0 N–H and O–H groups in total. The van der Waals surface area contributed by atoms with Crippen LogP contribution in [0.15, 0.2) is 35.7 Å². The highest BCUT2D eigenvalue weighted by molar-refractivity contribution is 7.99. The summed E-state index contributed by atoms with van der Waals surface area (Å²) in [6.07, 6.45) is 1.81. The fourth-order valence-electron chi connectivity index (χ4n) is 0.893. The number of halogens is 1. The maximum absolute atomic E-state index is 13.0. The molecule has 0 aliphatic heterocycles. The van der Waals surface area contributed by atoms with Gasteiger partial charge in [-0.3, -0.25) is 0 Å². The maximum atomic E-state index is 13.0. The molecule has 0 amide bonds. The van der Waals surface area contributed by atoms with Crippen molar-refractivity contribution in [2.45, 2.75) is 11.8 Å². The summed E-state index contributed by atoms with van der Waals surface area (Å²) < 4.78 is 13.0. The van der Waals surface area contributed by atoms with E-state index in [2.05, 4.69) is 6.58 Å². The third-order valence-corrected chi connectivity index (χ3v) is 2.73. The number of benzene rings is 1. The molecule has 0 aromatic heterocycles. The molecular formula is C10H11FS. The second-order valence-corrected chi connectivity index (χ2v) is 3.52. The third-order valence-electron chi connectivity index (χ3n) is 1.57. The van der Waals surface area contributed by atoms with Crippen LogP contribution in [0.4, 0.5) is 4.39 Å². The Bertz CT molecular complexity index is 281. The van der Waals surface area contributed by atoms with E-state index in [1.807, 2.05) is 12.1 Å². The third kappa shape index (κ3) is 2.11. The zero-order chi connectivity index (χ0) is 8.97. The first-order chi connectivity index (χ1) is 5.75. The quantitative estimate of drug-likeness (QED) is 0.510. The van der Waals surface area contributed by atoms with Gasteiger partial charge in [-0.25, -0.2) is 4.39 Å². The topological polar surface area (TPSA) is 0 Å². The molecule has 1 rings (SSSR count). The van der Waals surface area contributed by atoms with E-state index < -0.39 is 0 Å². The van der Waals surface area contributed by atoms with Crippen molar-refractivity contribution < 1.29 is 4.39 Å². The predicted molar refractivity (Wildman–Crippen MR) is 52.1 cm³/mol. The molecule has 1 aromatic rings. The van der Waals surface area contributed by atoms with Crippen LogP contribution in [-0.2, 0) is 0 Å². The first-order valence-electron chi connectivity index (χ1n) is 3.74. The van der Waals surface area contributed by atoms with Crippen LogP contribution in [0.3, 0.4) is 0 Å². The van der Waals surface area contributed by atoms with Crippen molar-refractivity contribution in [3.8, 4) is 0 Å². The summed E-state index contributed by atoms with van der Waals surface area (Å²) in [4.78, 5) is 0.995. The minimum absolute atomic E-state index is 0.135. The van der Waals surface area contributed by atoms with Crippen LogP contribution in [0.5, 0.6) is 0 Å². The molecule has 0 heterocycles. The SMILES string of the molecule is C=CCSc1cccc(F)c1C. The van der Waals surface area contributed by atoms with Crippen LogP contribution in [0.25, 0.3) is 0 Å². The van der Waals surface area contributed by atoms with Crippen molar-refractivity contribution in [3.63, 3.8) is 0 Å². The molecule has 64 valence electrons. The average Bonchev–Trinajstić information content (AvgIpc) is 2.08. The number of hydrogen-bond donors (Lipinski definition) is 0. The molecule has 0 aliphatic carbocycles. The van der Waals surface area contributed by atoms with Crippen molar-refractivity contribution in [3.05, 3.63) is 42.2 Å². The van der Waals surface area contributed by atoms with Crippen LogP contribution in [0, 0.1) is 12.7 Å². The Kier molecular flexibility index (Phi) is 3.35. The van der Waals surface area contributed by atoms with Gasteiger partial charge in [-0.2, -0.15) is 0 Å². The monoisotopic (exact) mass is 182 g/mol. The molecule has 0 bridgehead atoms. The van der Waals surface area contributed by atoms with Gasteiger partial charge in [-0.1, -0.05) is 12.1 Å². The van der Waals surface area contributed by atoms with Gasteiger partial charge in [0.1, 0.15) is 5.82 Å². The van der Waals surface area contributed by atoms with Gasteiger partial charge in [0, 0.05) is 10.6 Å². The fraction of sp³-hybridized carbons (Fsp3) is 0.200. The van der Waals surface area contributed by atoms with Crippen molar-refractivity contribution in [1.29, 1.82) is 0 Å². The zero-order valence-electron chi connectivity index (χ0n) is 7.01. The lowest BCUT2D eigenvalue weighted by molar-refractivity contribution is 0.613. The molecular weight excluding hydrogens is 171 g/mol. The van der Waals surface area contributed by atoms with E-state index >= 15 is 0 Å². The molecule has 2 heteroatoms. The highest BCUT2D eigenvalue weighted by Crippen LogP contribution is 2.23. The van der Waals surface area contributed by atoms with E-state index in [0.717, 1.165) is 16.2 Å². The first kappa shape index (κ1) is 9.33. The molecule has 1 aromatic carbocycles. The Labute approximate surface area is 76.5 Å². The molecule has 0 saturated carbocycles. The summed E-state index contributed by atoms with van der Waals surface area (Å²) in [7, 11) is 0. The molecule has 0 radical (unpaired) electrons. The molecule has 0 saturated heterocycles. The largest absolute Gasteiger partial charge is 0.207 e. The Morgan fingerprint density at radius 2 is 2.33 bits per heavy atom. The van der Waals surface area contributed by atoms with E-state index in [1.165, 1.54) is 6.07 Å². The van der Waals surface area contributed by atoms with Gasteiger partial charge < -0.3 is 0 Å². The van der Waals surface area contributed by atoms with Crippen LogP contribution < -0.4 is 0 Å². The summed E-state index contributed by atoms with van der Waals surface area (Å²) in [5.41, 5.74) is 0.726. The summed E-state index contributed by atoms with van der Waals surface area (Å²) in [6.45, 7) is 5.41. The summed E-state index contributed by atoms with van der Waals surface area (Å²) in [6, 6.07) is 5.13. The second kappa shape index (κ2) is 4.31. The molecule has 0 aliphatic rings. The van der Waals surface area contributed by atoms with E-state index in [1.54, 1.807) is 24.8 Å². The van der Waals surface area contributed by atoms with Crippen molar-refractivity contribution in [2.75, 3.05) is 5.75 Å². The van der Waals surface area contributed by atoms with Gasteiger partial charge in [0.15, 0.2) is 0 Å². The second-order valence-electron chi connectivity index (χ2n) is 2.46. The lowest BCUT2D eigenvalue weighted by Gasteiger charge is -2.03. The Morgan fingerprint density at radius 1 is 1.58 bits per heavy atom. The summed E-state index contributed by atoms with van der Waals surface area (Å²) >= 11 is 1.60. The average molecular weight is 182 g/mol. The van der Waals surface area contributed by atoms with Crippen LogP contribution in [0.1, 0.15) is 5.56 Å². The number of thioether (sulfide) groups is 1. The molecule has 0 fully saturated rings. The highest BCUT2D eigenvalue weighted by atomic mass is 32.2. The number of rotatable bonds is 3. The normalized spacial score (nSPS) is 9.83. The summed E-state index contributed by atoms with van der Waals surface area (Å²) in [5.74, 6) is 0.689. The van der Waals surface area contributed by atoms with E-state index in [0.29, 0.717) is 0 Å². The van der Waals surface area contributed by atoms with Crippen LogP contribution in [0.2, 0.25) is 0 Å². The Morgan fingerprint density at radius 3 is 3.00 bits per heavy atom. The molecule has 0 spiro atoms. The molecule has 12 heavy (non-hydrogen) atoms. The Hall–Kier alpha value is -0.760. The van der Waals surface area contributed by atoms with Crippen molar-refractivity contribution in [1.82, 2.24) is 0 Å². The Balaban J connectivity index is 2.84. The van der Waals surface area contributed by atoms with Gasteiger partial charge in [-0.15, -0.1) is 18.3 Å². The first-order valence-corrected chi connectivity index (χ1v) is 4.73. The highest BCUT2D eigenvalue weighted by Gasteiger charge is 2.01.